The molecule has 3 aromatic rings. The Kier molecular flexibility index (Phi) is 4.35. The second kappa shape index (κ2) is 6.45. The van der Waals surface area contributed by atoms with E-state index in [-0.39, 0.29) is 17.2 Å². The number of nitrogens with zero attached hydrogens (tertiary/aromatic N) is 3. The maximum atomic E-state index is 12.7. The molecule has 0 saturated carbocycles. The summed E-state index contributed by atoms with van der Waals surface area (Å²) in [7, 11) is 1.75. The first-order valence-corrected chi connectivity index (χ1v) is 8.34. The van der Waals surface area contributed by atoms with Crippen LogP contribution < -0.4 is 5.56 Å². The van der Waals surface area contributed by atoms with Crippen molar-refractivity contribution in [1.82, 2.24) is 14.5 Å². The molecule has 24 heavy (non-hydrogen) atoms. The number of benzene rings is 1. The van der Waals surface area contributed by atoms with Crippen LogP contribution in [0.4, 0.5) is 0 Å². The Labute approximate surface area is 142 Å². The quantitative estimate of drug-likeness (QED) is 0.790. The van der Waals surface area contributed by atoms with Crippen molar-refractivity contribution in [2.45, 2.75) is 19.9 Å². The van der Waals surface area contributed by atoms with E-state index >= 15 is 0 Å². The standard InChI is InChI=1S/C17H17N3O3S/c1-3-15(22)19(2)9-13-8-14-16(24-13)17(23)20(10-18-14)11-4-6-12(21)7-5-11/h4-8,10,21H,3,9H2,1-2H3. The van der Waals surface area contributed by atoms with Gasteiger partial charge in [0.25, 0.3) is 5.56 Å². The zero-order valence-corrected chi connectivity index (χ0v) is 14.2. The highest BCUT2D eigenvalue weighted by molar-refractivity contribution is 7.18. The maximum Gasteiger partial charge on any atom is 0.275 e. The van der Waals surface area contributed by atoms with Crippen molar-refractivity contribution < 1.29 is 9.90 Å². The molecule has 2 aromatic heterocycles. The third kappa shape index (κ3) is 3.03. The normalized spacial score (nSPS) is 10.9. The molecule has 0 radical (unpaired) electrons. The number of aromatic nitrogens is 2. The van der Waals surface area contributed by atoms with Crippen LogP contribution in [0.2, 0.25) is 0 Å². The van der Waals surface area contributed by atoms with Crippen LogP contribution in [0.5, 0.6) is 5.75 Å². The molecule has 0 aliphatic carbocycles. The molecule has 7 heteroatoms. The van der Waals surface area contributed by atoms with Crippen LogP contribution in [0.25, 0.3) is 15.9 Å². The number of fused-ring (bicyclic) bond motifs is 1. The largest absolute Gasteiger partial charge is 0.508 e. The summed E-state index contributed by atoms with van der Waals surface area (Å²) >= 11 is 1.35. The molecule has 0 aliphatic rings. The molecule has 1 aromatic carbocycles. The van der Waals surface area contributed by atoms with Crippen LogP contribution in [0.15, 0.2) is 41.5 Å². The summed E-state index contributed by atoms with van der Waals surface area (Å²) in [5.41, 5.74) is 1.11. The van der Waals surface area contributed by atoms with Gasteiger partial charge in [0.1, 0.15) is 16.8 Å². The summed E-state index contributed by atoms with van der Waals surface area (Å²) in [6.45, 7) is 2.29. The van der Waals surface area contributed by atoms with E-state index in [9.17, 15) is 14.7 Å². The number of phenols is 1. The van der Waals surface area contributed by atoms with Gasteiger partial charge in [-0.05, 0) is 30.3 Å². The minimum Gasteiger partial charge on any atom is -0.508 e. The highest BCUT2D eigenvalue weighted by atomic mass is 32.1. The molecule has 1 N–H and O–H groups in total. The number of aromatic hydroxyl groups is 1. The molecule has 0 bridgehead atoms. The van der Waals surface area contributed by atoms with E-state index in [0.29, 0.717) is 28.9 Å². The molecule has 124 valence electrons. The average molecular weight is 343 g/mol. The Hall–Kier alpha value is -2.67. The number of rotatable bonds is 4. The third-order valence-electron chi connectivity index (χ3n) is 3.74. The van der Waals surface area contributed by atoms with Gasteiger partial charge in [-0.2, -0.15) is 0 Å². The van der Waals surface area contributed by atoms with Crippen molar-refractivity contribution in [3.8, 4) is 11.4 Å². The number of amides is 1. The molecule has 0 saturated heterocycles. The zero-order valence-electron chi connectivity index (χ0n) is 13.4. The first-order valence-electron chi connectivity index (χ1n) is 7.53. The summed E-state index contributed by atoms with van der Waals surface area (Å²) in [5, 5.41) is 9.36. The summed E-state index contributed by atoms with van der Waals surface area (Å²) in [5.74, 6) is 0.199. The van der Waals surface area contributed by atoms with Crippen LogP contribution in [0.1, 0.15) is 18.2 Å². The van der Waals surface area contributed by atoms with E-state index in [0.717, 1.165) is 4.88 Å². The Bertz CT molecular complexity index is 944. The van der Waals surface area contributed by atoms with Crippen LogP contribution >= 0.6 is 11.3 Å². The number of phenolic OH excluding ortho intramolecular Hbond substituents is 1. The van der Waals surface area contributed by atoms with Gasteiger partial charge >= 0.3 is 0 Å². The van der Waals surface area contributed by atoms with Crippen molar-refractivity contribution in [3.05, 3.63) is 51.9 Å². The number of carbonyl (C=O) groups is 1. The number of hydrogen-bond donors (Lipinski definition) is 1. The van der Waals surface area contributed by atoms with E-state index in [1.807, 2.05) is 13.0 Å². The fourth-order valence-electron chi connectivity index (χ4n) is 2.43. The molecule has 0 unspecified atom stereocenters. The second-order valence-electron chi connectivity index (χ2n) is 5.47. The summed E-state index contributed by atoms with van der Waals surface area (Å²) in [6.07, 6.45) is 1.93. The molecule has 1 amide bonds. The fraction of sp³-hybridized carbons (Fsp3) is 0.235. The van der Waals surface area contributed by atoms with Gasteiger partial charge in [0.05, 0.1) is 17.7 Å². The molecule has 0 fully saturated rings. The van der Waals surface area contributed by atoms with E-state index in [4.69, 9.17) is 0 Å². The summed E-state index contributed by atoms with van der Waals surface area (Å²) in [6, 6.07) is 8.22. The fourth-order valence-corrected chi connectivity index (χ4v) is 3.52. The van der Waals surface area contributed by atoms with Crippen molar-refractivity contribution in [1.29, 1.82) is 0 Å². The lowest BCUT2D eigenvalue weighted by molar-refractivity contribution is -0.130. The SMILES string of the molecule is CCC(=O)N(C)Cc1cc2ncn(-c3ccc(O)cc3)c(=O)c2s1. The lowest BCUT2D eigenvalue weighted by atomic mass is 10.3. The minimum atomic E-state index is -0.161. The van der Waals surface area contributed by atoms with Crippen LogP contribution in [-0.4, -0.2) is 32.5 Å². The summed E-state index contributed by atoms with van der Waals surface area (Å²) in [4.78, 5) is 31.3. The zero-order chi connectivity index (χ0) is 17.3. The topological polar surface area (TPSA) is 75.4 Å². The molecule has 0 spiro atoms. The number of thiophene rings is 1. The molecule has 0 atom stereocenters. The van der Waals surface area contributed by atoms with Gasteiger partial charge in [-0.25, -0.2) is 4.98 Å². The molecule has 3 rings (SSSR count). The van der Waals surface area contributed by atoms with Crippen LogP contribution in [0.3, 0.4) is 0 Å². The van der Waals surface area contributed by atoms with Gasteiger partial charge in [0, 0.05) is 18.3 Å². The predicted molar refractivity (Wildman–Crippen MR) is 93.6 cm³/mol. The second-order valence-corrected chi connectivity index (χ2v) is 6.60. The molecule has 6 nitrogen and oxygen atoms in total. The van der Waals surface area contributed by atoms with Gasteiger partial charge in [0.15, 0.2) is 0 Å². The first-order chi connectivity index (χ1) is 11.5. The molecule has 0 aliphatic heterocycles. The Balaban J connectivity index is 1.99. The molecule has 2 heterocycles. The van der Waals surface area contributed by atoms with Gasteiger partial charge < -0.3 is 10.0 Å². The molecular formula is C17H17N3O3S. The van der Waals surface area contributed by atoms with Gasteiger partial charge in [0.2, 0.25) is 5.91 Å². The van der Waals surface area contributed by atoms with Crippen LogP contribution in [0, 0.1) is 0 Å². The van der Waals surface area contributed by atoms with Gasteiger partial charge in [-0.15, -0.1) is 11.3 Å². The van der Waals surface area contributed by atoms with E-state index in [1.165, 1.54) is 34.4 Å². The van der Waals surface area contributed by atoms with E-state index in [1.54, 1.807) is 24.1 Å². The third-order valence-corrected chi connectivity index (χ3v) is 4.83. The number of carbonyl (C=O) groups excluding carboxylic acids is 1. The lowest BCUT2D eigenvalue weighted by Gasteiger charge is -2.14. The highest BCUT2D eigenvalue weighted by Gasteiger charge is 2.13. The lowest BCUT2D eigenvalue weighted by Crippen LogP contribution is -2.24. The van der Waals surface area contributed by atoms with Gasteiger partial charge in [-0.1, -0.05) is 6.92 Å². The van der Waals surface area contributed by atoms with E-state index in [2.05, 4.69) is 4.98 Å². The molecular weight excluding hydrogens is 326 g/mol. The van der Waals surface area contributed by atoms with Crippen LogP contribution in [-0.2, 0) is 11.3 Å². The van der Waals surface area contributed by atoms with E-state index < -0.39 is 0 Å². The Morgan fingerprint density at radius 1 is 1.33 bits per heavy atom. The Morgan fingerprint density at radius 3 is 2.71 bits per heavy atom. The predicted octanol–water partition coefficient (Wildman–Crippen LogP) is 2.52. The van der Waals surface area contributed by atoms with Crippen molar-refractivity contribution in [2.24, 2.45) is 0 Å². The minimum absolute atomic E-state index is 0.0573. The summed E-state index contributed by atoms with van der Waals surface area (Å²) < 4.78 is 2.00. The van der Waals surface area contributed by atoms with Gasteiger partial charge in [-0.3, -0.25) is 14.2 Å². The van der Waals surface area contributed by atoms with Crippen molar-refractivity contribution >= 4 is 27.5 Å². The smallest absolute Gasteiger partial charge is 0.275 e. The Morgan fingerprint density at radius 2 is 2.04 bits per heavy atom. The average Bonchev–Trinajstić information content (AvgIpc) is 2.99. The first kappa shape index (κ1) is 16.2. The van der Waals surface area contributed by atoms with Crippen molar-refractivity contribution in [3.63, 3.8) is 0 Å². The number of hydrogen-bond acceptors (Lipinski definition) is 5. The van der Waals surface area contributed by atoms with Crippen molar-refractivity contribution in [2.75, 3.05) is 7.05 Å². The maximum absolute atomic E-state index is 12.7. The monoisotopic (exact) mass is 343 g/mol. The highest BCUT2D eigenvalue weighted by Crippen LogP contribution is 2.23.